The summed E-state index contributed by atoms with van der Waals surface area (Å²) < 4.78 is 23.8. The van der Waals surface area contributed by atoms with Gasteiger partial charge >= 0.3 is 0 Å². The van der Waals surface area contributed by atoms with Gasteiger partial charge in [0.15, 0.2) is 9.84 Å². The number of halogens is 1. The fraction of sp³-hybridized carbons (Fsp3) is 0.923. The maximum absolute atomic E-state index is 12.2. The smallest absolute Gasteiger partial charge is 0.238 e. The highest BCUT2D eigenvalue weighted by Crippen LogP contribution is 2.11. The molecule has 0 bridgehead atoms. The van der Waals surface area contributed by atoms with Gasteiger partial charge in [-0.2, -0.15) is 0 Å². The first kappa shape index (κ1) is 19.7. The largest absolute Gasteiger partial charge is 0.338 e. The van der Waals surface area contributed by atoms with E-state index in [9.17, 15) is 13.2 Å². The predicted molar refractivity (Wildman–Crippen MR) is 84.0 cm³/mol. The highest BCUT2D eigenvalue weighted by molar-refractivity contribution is 7.92. The van der Waals surface area contributed by atoms with Crippen molar-refractivity contribution in [3.05, 3.63) is 0 Å². The van der Waals surface area contributed by atoms with Gasteiger partial charge in [-0.1, -0.05) is 20.8 Å². The summed E-state index contributed by atoms with van der Waals surface area (Å²) in [6.45, 7) is 8.03. The Kier molecular flexibility index (Phi) is 8.70. The molecule has 1 fully saturated rings. The third-order valence-electron chi connectivity index (χ3n) is 3.19. The minimum atomic E-state index is -3.28. The number of hydrogen-bond donors (Lipinski definition) is 1. The van der Waals surface area contributed by atoms with Gasteiger partial charge in [-0.3, -0.25) is 4.79 Å². The molecule has 0 aromatic heterocycles. The van der Waals surface area contributed by atoms with E-state index >= 15 is 0 Å². The van der Waals surface area contributed by atoms with Gasteiger partial charge in [0, 0.05) is 19.1 Å². The van der Waals surface area contributed by atoms with Crippen molar-refractivity contribution < 1.29 is 13.2 Å². The summed E-state index contributed by atoms with van der Waals surface area (Å²) in [5, 5.41) is 3.22. The minimum Gasteiger partial charge on any atom is -0.338 e. The molecule has 0 radical (unpaired) electrons. The molecule has 1 amide bonds. The molecule has 1 aliphatic rings. The first-order valence-corrected chi connectivity index (χ1v) is 8.88. The van der Waals surface area contributed by atoms with E-state index in [1.807, 2.05) is 20.8 Å². The summed E-state index contributed by atoms with van der Waals surface area (Å²) in [7, 11) is -3.28. The van der Waals surface area contributed by atoms with E-state index in [2.05, 4.69) is 5.32 Å². The van der Waals surface area contributed by atoms with Crippen LogP contribution in [0.25, 0.3) is 0 Å². The average molecular weight is 327 g/mol. The van der Waals surface area contributed by atoms with Crippen LogP contribution in [0.4, 0.5) is 0 Å². The standard InChI is InChI=1S/C13H26N2O3S.ClH/c1-4-7-15(12-5-6-14-8-12)13(16)10-19(17,18)9-11(2)3;/h11-12,14H,4-10H2,1-3H3;1H. The summed E-state index contributed by atoms with van der Waals surface area (Å²) in [5.74, 6) is -0.440. The number of carbonyl (C=O) groups excluding carboxylic acids is 1. The zero-order valence-corrected chi connectivity index (χ0v) is 14.2. The average Bonchev–Trinajstić information content (AvgIpc) is 2.75. The third-order valence-corrected chi connectivity index (χ3v) is 5.05. The normalized spacial score (nSPS) is 18.9. The number of sulfone groups is 1. The van der Waals surface area contributed by atoms with Crippen molar-refractivity contribution in [3.63, 3.8) is 0 Å². The van der Waals surface area contributed by atoms with E-state index in [-0.39, 0.29) is 41.8 Å². The van der Waals surface area contributed by atoms with Gasteiger partial charge < -0.3 is 10.2 Å². The lowest BCUT2D eigenvalue weighted by Crippen LogP contribution is -2.45. The second kappa shape index (κ2) is 8.85. The van der Waals surface area contributed by atoms with E-state index in [0.717, 1.165) is 25.9 Å². The van der Waals surface area contributed by atoms with E-state index in [1.165, 1.54) is 0 Å². The molecule has 1 rings (SSSR count). The molecule has 0 saturated carbocycles. The second-order valence-electron chi connectivity index (χ2n) is 5.68. The topological polar surface area (TPSA) is 66.5 Å². The fourth-order valence-electron chi connectivity index (χ4n) is 2.50. The first-order valence-electron chi connectivity index (χ1n) is 7.06. The van der Waals surface area contributed by atoms with Crippen molar-refractivity contribution in [1.82, 2.24) is 10.2 Å². The van der Waals surface area contributed by atoms with Crippen molar-refractivity contribution in [3.8, 4) is 0 Å². The molecule has 7 heteroatoms. The number of carbonyl (C=O) groups is 1. The SMILES string of the molecule is CCCN(C(=O)CS(=O)(=O)CC(C)C)C1CCNC1.Cl. The highest BCUT2D eigenvalue weighted by Gasteiger charge is 2.29. The molecular formula is C13H27ClN2O3S. The molecule has 0 spiro atoms. The van der Waals surface area contributed by atoms with E-state index < -0.39 is 9.84 Å². The van der Waals surface area contributed by atoms with Crippen LogP contribution >= 0.6 is 12.4 Å². The predicted octanol–water partition coefficient (Wildman–Crippen LogP) is 1.08. The Morgan fingerprint density at radius 3 is 2.50 bits per heavy atom. The van der Waals surface area contributed by atoms with Crippen LogP contribution in [0, 0.1) is 5.92 Å². The van der Waals surface area contributed by atoms with E-state index in [1.54, 1.807) is 4.90 Å². The van der Waals surface area contributed by atoms with Crippen LogP contribution in [0.15, 0.2) is 0 Å². The highest BCUT2D eigenvalue weighted by atomic mass is 35.5. The van der Waals surface area contributed by atoms with Gasteiger partial charge in [-0.15, -0.1) is 12.4 Å². The van der Waals surface area contributed by atoms with Crippen molar-refractivity contribution in [1.29, 1.82) is 0 Å². The molecule has 1 N–H and O–H groups in total. The van der Waals surface area contributed by atoms with Crippen LogP contribution in [0.2, 0.25) is 0 Å². The van der Waals surface area contributed by atoms with Crippen LogP contribution in [0.3, 0.4) is 0 Å². The third kappa shape index (κ3) is 6.41. The summed E-state index contributed by atoms with van der Waals surface area (Å²) in [5.41, 5.74) is 0. The monoisotopic (exact) mass is 326 g/mol. The van der Waals surface area contributed by atoms with Gasteiger partial charge in [-0.25, -0.2) is 8.42 Å². The lowest BCUT2D eigenvalue weighted by Gasteiger charge is -2.28. The number of hydrogen-bond acceptors (Lipinski definition) is 4. The van der Waals surface area contributed by atoms with E-state index in [0.29, 0.717) is 6.54 Å². The summed E-state index contributed by atoms with van der Waals surface area (Å²) in [6.07, 6.45) is 1.77. The van der Waals surface area contributed by atoms with Gasteiger partial charge in [-0.05, 0) is 25.3 Å². The van der Waals surface area contributed by atoms with Crippen molar-refractivity contribution >= 4 is 28.2 Å². The first-order chi connectivity index (χ1) is 8.85. The Balaban J connectivity index is 0.00000361. The quantitative estimate of drug-likeness (QED) is 0.760. The molecule has 0 aromatic rings. The van der Waals surface area contributed by atoms with Crippen LogP contribution < -0.4 is 5.32 Å². The van der Waals surface area contributed by atoms with Crippen LogP contribution in [0.1, 0.15) is 33.6 Å². The maximum atomic E-state index is 12.2. The molecular weight excluding hydrogens is 300 g/mol. The Morgan fingerprint density at radius 1 is 1.40 bits per heavy atom. The summed E-state index contributed by atoms with van der Waals surface area (Å²) >= 11 is 0. The van der Waals surface area contributed by atoms with Crippen LogP contribution in [0.5, 0.6) is 0 Å². The van der Waals surface area contributed by atoms with E-state index in [4.69, 9.17) is 0 Å². The second-order valence-corrected chi connectivity index (χ2v) is 7.79. The number of amides is 1. The van der Waals surface area contributed by atoms with Crippen molar-refractivity contribution in [2.24, 2.45) is 5.92 Å². The van der Waals surface area contributed by atoms with Crippen LogP contribution in [-0.2, 0) is 14.6 Å². The Bertz CT molecular complexity index is 392. The number of nitrogens with zero attached hydrogens (tertiary/aromatic N) is 1. The molecule has 1 atom stereocenters. The van der Waals surface area contributed by atoms with Crippen molar-refractivity contribution in [2.45, 2.75) is 39.7 Å². The van der Waals surface area contributed by atoms with Gasteiger partial charge in [0.2, 0.25) is 5.91 Å². The molecule has 0 aliphatic carbocycles. The number of rotatable bonds is 7. The lowest BCUT2D eigenvalue weighted by molar-refractivity contribution is -0.130. The molecule has 5 nitrogen and oxygen atoms in total. The van der Waals surface area contributed by atoms with Gasteiger partial charge in [0.25, 0.3) is 0 Å². The summed E-state index contributed by atoms with van der Waals surface area (Å²) in [4.78, 5) is 14.0. The molecule has 1 aliphatic heterocycles. The van der Waals surface area contributed by atoms with Crippen LogP contribution in [-0.4, -0.2) is 56.4 Å². The van der Waals surface area contributed by atoms with Crippen molar-refractivity contribution in [2.75, 3.05) is 31.1 Å². The number of nitrogens with one attached hydrogen (secondary N) is 1. The Morgan fingerprint density at radius 2 is 2.05 bits per heavy atom. The molecule has 0 aromatic carbocycles. The Labute approximate surface area is 128 Å². The molecule has 1 saturated heterocycles. The Hall–Kier alpha value is -0.330. The summed E-state index contributed by atoms with van der Waals surface area (Å²) in [6, 6.07) is 0.154. The molecule has 20 heavy (non-hydrogen) atoms. The maximum Gasteiger partial charge on any atom is 0.238 e. The zero-order chi connectivity index (χ0) is 14.5. The zero-order valence-electron chi connectivity index (χ0n) is 12.6. The minimum absolute atomic E-state index is 0. The van der Waals surface area contributed by atoms with Gasteiger partial charge in [0.1, 0.15) is 5.75 Å². The fourth-order valence-corrected chi connectivity index (χ4v) is 4.17. The lowest BCUT2D eigenvalue weighted by atomic mass is 10.2. The molecule has 1 unspecified atom stereocenters. The molecule has 1 heterocycles. The molecule has 120 valence electrons. The van der Waals surface area contributed by atoms with Gasteiger partial charge in [0.05, 0.1) is 5.75 Å².